The van der Waals surface area contributed by atoms with E-state index in [4.69, 9.17) is 0 Å². The number of carbonyl (C=O) groups excluding carboxylic acids is 2. The molecular formula is C23H21N3O2. The van der Waals surface area contributed by atoms with Gasteiger partial charge in [-0.25, -0.2) is 4.79 Å². The molecule has 0 aliphatic rings. The molecule has 0 radical (unpaired) electrons. The third kappa shape index (κ3) is 5.57. The van der Waals surface area contributed by atoms with Crippen LogP contribution in [0.5, 0.6) is 0 Å². The first-order chi connectivity index (χ1) is 13.6. The molecule has 0 atom stereocenters. The van der Waals surface area contributed by atoms with Crippen LogP contribution in [0.1, 0.15) is 12.5 Å². The molecular weight excluding hydrogens is 350 g/mol. The van der Waals surface area contributed by atoms with E-state index in [1.54, 1.807) is 30.3 Å². The highest BCUT2D eigenvalue weighted by Crippen LogP contribution is 2.16. The number of hydrogen-bond donors (Lipinski definition) is 3. The van der Waals surface area contributed by atoms with Gasteiger partial charge in [-0.2, -0.15) is 0 Å². The Morgan fingerprint density at radius 3 is 1.68 bits per heavy atom. The molecule has 0 fully saturated rings. The highest BCUT2D eigenvalue weighted by molar-refractivity contribution is 6.04. The molecule has 0 saturated carbocycles. The first-order valence-electron chi connectivity index (χ1n) is 8.88. The van der Waals surface area contributed by atoms with Crippen molar-refractivity contribution in [2.45, 2.75) is 6.92 Å². The number of amides is 3. The average molecular weight is 371 g/mol. The van der Waals surface area contributed by atoms with Crippen LogP contribution in [0.15, 0.2) is 91.0 Å². The highest BCUT2D eigenvalue weighted by Gasteiger charge is 2.04. The third-order valence-corrected chi connectivity index (χ3v) is 4.02. The molecule has 0 bridgehead atoms. The number of carbonyl (C=O) groups is 2. The van der Waals surface area contributed by atoms with Crippen molar-refractivity contribution in [3.05, 3.63) is 96.6 Å². The second kappa shape index (κ2) is 9.19. The molecule has 0 aliphatic carbocycles. The zero-order valence-corrected chi connectivity index (χ0v) is 15.5. The average Bonchev–Trinajstić information content (AvgIpc) is 2.71. The first kappa shape index (κ1) is 18.9. The maximum atomic E-state index is 12.2. The molecule has 28 heavy (non-hydrogen) atoms. The SMILES string of the molecule is CC(=CC(=O)Nc1ccc(NC(=O)Nc2ccccc2)cc1)c1ccccc1. The van der Waals surface area contributed by atoms with Gasteiger partial charge >= 0.3 is 6.03 Å². The number of hydrogen-bond acceptors (Lipinski definition) is 2. The molecule has 140 valence electrons. The van der Waals surface area contributed by atoms with Crippen molar-refractivity contribution in [1.29, 1.82) is 0 Å². The topological polar surface area (TPSA) is 70.2 Å². The van der Waals surface area contributed by atoms with Gasteiger partial charge in [0, 0.05) is 23.1 Å². The number of rotatable bonds is 5. The zero-order valence-electron chi connectivity index (χ0n) is 15.5. The predicted octanol–water partition coefficient (Wildman–Crippen LogP) is 5.37. The van der Waals surface area contributed by atoms with E-state index in [2.05, 4.69) is 16.0 Å². The van der Waals surface area contributed by atoms with Crippen LogP contribution in [0, 0.1) is 0 Å². The lowest BCUT2D eigenvalue weighted by Crippen LogP contribution is -2.19. The zero-order chi connectivity index (χ0) is 19.8. The van der Waals surface area contributed by atoms with Gasteiger partial charge in [0.15, 0.2) is 0 Å². The van der Waals surface area contributed by atoms with E-state index < -0.39 is 0 Å². The fraction of sp³-hybridized carbons (Fsp3) is 0.0435. The Bertz CT molecular complexity index is 966. The van der Waals surface area contributed by atoms with E-state index in [-0.39, 0.29) is 11.9 Å². The maximum absolute atomic E-state index is 12.2. The molecule has 3 aromatic carbocycles. The van der Waals surface area contributed by atoms with Crippen LogP contribution in [0.3, 0.4) is 0 Å². The van der Waals surface area contributed by atoms with Crippen molar-refractivity contribution < 1.29 is 9.59 Å². The fourth-order valence-electron chi connectivity index (χ4n) is 2.61. The first-order valence-corrected chi connectivity index (χ1v) is 8.88. The Morgan fingerprint density at radius 2 is 1.11 bits per heavy atom. The van der Waals surface area contributed by atoms with E-state index in [1.165, 1.54) is 0 Å². The summed E-state index contributed by atoms with van der Waals surface area (Å²) in [5.41, 5.74) is 3.87. The van der Waals surface area contributed by atoms with Gasteiger partial charge < -0.3 is 16.0 Å². The van der Waals surface area contributed by atoms with Crippen LogP contribution in [-0.2, 0) is 4.79 Å². The van der Waals surface area contributed by atoms with E-state index in [0.29, 0.717) is 17.1 Å². The van der Waals surface area contributed by atoms with Gasteiger partial charge in [-0.3, -0.25) is 4.79 Å². The van der Waals surface area contributed by atoms with Crippen molar-refractivity contribution >= 4 is 34.6 Å². The molecule has 0 unspecified atom stereocenters. The Kier molecular flexibility index (Phi) is 6.21. The van der Waals surface area contributed by atoms with E-state index in [1.807, 2.05) is 67.6 Å². The van der Waals surface area contributed by atoms with Crippen molar-refractivity contribution in [3.63, 3.8) is 0 Å². The molecule has 3 N–H and O–H groups in total. The second-order valence-corrected chi connectivity index (χ2v) is 6.21. The summed E-state index contributed by atoms with van der Waals surface area (Å²) in [6, 6.07) is 25.5. The van der Waals surface area contributed by atoms with Crippen LogP contribution < -0.4 is 16.0 Å². The summed E-state index contributed by atoms with van der Waals surface area (Å²) in [5, 5.41) is 8.32. The van der Waals surface area contributed by atoms with Gasteiger partial charge in [0.1, 0.15) is 0 Å². The maximum Gasteiger partial charge on any atom is 0.323 e. The predicted molar refractivity (Wildman–Crippen MR) is 114 cm³/mol. The summed E-state index contributed by atoms with van der Waals surface area (Å²) >= 11 is 0. The molecule has 5 nitrogen and oxygen atoms in total. The number of nitrogens with one attached hydrogen (secondary N) is 3. The number of para-hydroxylation sites is 1. The molecule has 5 heteroatoms. The molecule has 0 aliphatic heterocycles. The number of anilines is 3. The molecule has 0 heterocycles. The molecule has 3 rings (SSSR count). The summed E-state index contributed by atoms with van der Waals surface area (Å²) in [5.74, 6) is -0.205. The lowest BCUT2D eigenvalue weighted by Gasteiger charge is -2.09. The Balaban J connectivity index is 1.55. The Hall–Kier alpha value is -3.86. The van der Waals surface area contributed by atoms with Crippen molar-refractivity contribution in [2.75, 3.05) is 16.0 Å². The second-order valence-electron chi connectivity index (χ2n) is 6.21. The van der Waals surface area contributed by atoms with E-state index in [9.17, 15) is 9.59 Å². The van der Waals surface area contributed by atoms with Crippen LogP contribution >= 0.6 is 0 Å². The summed E-state index contributed by atoms with van der Waals surface area (Å²) in [6.07, 6.45) is 1.56. The molecule has 3 amide bonds. The number of allylic oxidation sites excluding steroid dienone is 1. The van der Waals surface area contributed by atoms with Gasteiger partial charge in [-0.15, -0.1) is 0 Å². The highest BCUT2D eigenvalue weighted by atomic mass is 16.2. The van der Waals surface area contributed by atoms with Gasteiger partial charge in [-0.05, 0) is 54.5 Å². The quantitative estimate of drug-likeness (QED) is 0.528. The van der Waals surface area contributed by atoms with Gasteiger partial charge in [0.05, 0.1) is 0 Å². The molecule has 3 aromatic rings. The smallest absolute Gasteiger partial charge is 0.323 e. The van der Waals surface area contributed by atoms with Crippen LogP contribution in [0.25, 0.3) is 5.57 Å². The minimum absolute atomic E-state index is 0.205. The van der Waals surface area contributed by atoms with Crippen LogP contribution in [-0.4, -0.2) is 11.9 Å². The van der Waals surface area contributed by atoms with Gasteiger partial charge in [0.2, 0.25) is 5.91 Å². The Labute approximate surface area is 164 Å². The summed E-state index contributed by atoms with van der Waals surface area (Å²) in [7, 11) is 0. The Morgan fingerprint density at radius 1 is 0.643 bits per heavy atom. The lowest BCUT2D eigenvalue weighted by atomic mass is 10.1. The molecule has 0 saturated heterocycles. The summed E-state index contributed by atoms with van der Waals surface area (Å²) in [6.45, 7) is 1.90. The largest absolute Gasteiger partial charge is 0.323 e. The molecule has 0 aromatic heterocycles. The fourth-order valence-corrected chi connectivity index (χ4v) is 2.61. The summed E-state index contributed by atoms with van der Waals surface area (Å²) in [4.78, 5) is 24.2. The van der Waals surface area contributed by atoms with E-state index in [0.717, 1.165) is 11.1 Å². The van der Waals surface area contributed by atoms with Crippen molar-refractivity contribution in [2.24, 2.45) is 0 Å². The monoisotopic (exact) mass is 371 g/mol. The van der Waals surface area contributed by atoms with Gasteiger partial charge in [-0.1, -0.05) is 48.5 Å². The summed E-state index contributed by atoms with van der Waals surface area (Å²) < 4.78 is 0. The van der Waals surface area contributed by atoms with E-state index >= 15 is 0 Å². The third-order valence-electron chi connectivity index (χ3n) is 4.02. The standard InChI is InChI=1S/C23H21N3O2/c1-17(18-8-4-2-5-9-18)16-22(27)24-20-12-14-21(15-13-20)26-23(28)25-19-10-6-3-7-11-19/h2-16H,1H3,(H,24,27)(H2,25,26,28). The normalized spacial score (nSPS) is 10.8. The van der Waals surface area contributed by atoms with Crippen molar-refractivity contribution in [1.82, 2.24) is 0 Å². The van der Waals surface area contributed by atoms with Crippen LogP contribution in [0.2, 0.25) is 0 Å². The minimum Gasteiger partial charge on any atom is -0.323 e. The number of urea groups is 1. The molecule has 0 spiro atoms. The minimum atomic E-state index is -0.329. The van der Waals surface area contributed by atoms with Crippen LogP contribution in [0.4, 0.5) is 21.9 Å². The van der Waals surface area contributed by atoms with Gasteiger partial charge in [0.25, 0.3) is 0 Å². The lowest BCUT2D eigenvalue weighted by molar-refractivity contribution is -0.111. The number of benzene rings is 3. The van der Waals surface area contributed by atoms with Crippen molar-refractivity contribution in [3.8, 4) is 0 Å².